The number of anilines is 1. The van der Waals surface area contributed by atoms with Crippen LogP contribution in [-0.2, 0) is 21.4 Å². The second-order valence-electron chi connectivity index (χ2n) is 9.18. The number of carbonyl (C=O) groups excluding carboxylic acids is 1. The minimum Gasteiger partial charge on any atom is -0.482 e. The Hall–Kier alpha value is -3.85. The van der Waals surface area contributed by atoms with E-state index >= 15 is 0 Å². The van der Waals surface area contributed by atoms with E-state index in [1.807, 2.05) is 60.7 Å². The second-order valence-corrected chi connectivity index (χ2v) is 11.3. The number of hydrogen-bond donors (Lipinski definition) is 2. The molecule has 0 aliphatic carbocycles. The standard InChI is InChI=1S/C30H28ClN3O4S/c1-3-34-27-12-8-7-11-24(27)25-17-22(13-15-28(25)34)32-30(35)19-38-29-16-14-23(18-26(29)31)39(36,37)33-20(2)21-9-5-4-6-10-21/h4-18,20,33H,3,19H2,1-2H3,(H,32,35)/t20-/m0/s1. The summed E-state index contributed by atoms with van der Waals surface area (Å²) in [5, 5.41) is 5.13. The Kier molecular flexibility index (Phi) is 7.61. The van der Waals surface area contributed by atoms with Crippen molar-refractivity contribution in [2.75, 3.05) is 11.9 Å². The summed E-state index contributed by atoms with van der Waals surface area (Å²) in [6.07, 6.45) is 0. The normalized spacial score (nSPS) is 12.5. The van der Waals surface area contributed by atoms with E-state index < -0.39 is 16.1 Å². The molecule has 7 nitrogen and oxygen atoms in total. The second kappa shape index (κ2) is 11.1. The number of halogens is 1. The fourth-order valence-corrected chi connectivity index (χ4v) is 6.25. The number of fused-ring (bicyclic) bond motifs is 3. The van der Waals surface area contributed by atoms with Crippen molar-refractivity contribution in [3.8, 4) is 5.75 Å². The lowest BCUT2D eigenvalue weighted by Crippen LogP contribution is -2.27. The first-order valence-corrected chi connectivity index (χ1v) is 14.4. The van der Waals surface area contributed by atoms with Crippen LogP contribution in [0, 0.1) is 0 Å². The molecule has 5 aromatic rings. The van der Waals surface area contributed by atoms with Crippen LogP contribution in [0.5, 0.6) is 5.75 Å². The van der Waals surface area contributed by atoms with Gasteiger partial charge in [0.15, 0.2) is 6.61 Å². The lowest BCUT2D eigenvalue weighted by molar-refractivity contribution is -0.118. The van der Waals surface area contributed by atoms with Gasteiger partial charge in [-0.2, -0.15) is 0 Å². The first-order valence-electron chi connectivity index (χ1n) is 12.6. The number of amides is 1. The number of para-hydroxylation sites is 1. The maximum Gasteiger partial charge on any atom is 0.262 e. The molecule has 0 aliphatic heterocycles. The number of rotatable bonds is 9. The topological polar surface area (TPSA) is 89.4 Å². The molecule has 0 radical (unpaired) electrons. The minimum absolute atomic E-state index is 0.00614. The maximum absolute atomic E-state index is 12.9. The fraction of sp³-hybridized carbons (Fsp3) is 0.167. The highest BCUT2D eigenvalue weighted by atomic mass is 35.5. The highest BCUT2D eigenvalue weighted by Gasteiger charge is 2.20. The molecule has 2 N–H and O–H groups in total. The fourth-order valence-electron chi connectivity index (χ4n) is 4.69. The van der Waals surface area contributed by atoms with Gasteiger partial charge >= 0.3 is 0 Å². The zero-order valence-corrected chi connectivity index (χ0v) is 23.1. The van der Waals surface area contributed by atoms with Crippen LogP contribution in [0.1, 0.15) is 25.5 Å². The monoisotopic (exact) mass is 561 g/mol. The number of benzene rings is 4. The number of sulfonamides is 1. The molecular formula is C30H28ClN3O4S. The smallest absolute Gasteiger partial charge is 0.262 e. The van der Waals surface area contributed by atoms with Crippen molar-refractivity contribution in [3.63, 3.8) is 0 Å². The summed E-state index contributed by atoms with van der Waals surface area (Å²) in [5.74, 6) is -0.150. The van der Waals surface area contributed by atoms with Crippen molar-refractivity contribution < 1.29 is 17.9 Å². The Morgan fingerprint density at radius 3 is 2.38 bits per heavy atom. The number of aryl methyl sites for hydroxylation is 1. The molecule has 0 spiro atoms. The Balaban J connectivity index is 1.25. The van der Waals surface area contributed by atoms with Crippen molar-refractivity contribution in [2.24, 2.45) is 0 Å². The molecule has 0 saturated carbocycles. The van der Waals surface area contributed by atoms with Crippen molar-refractivity contribution in [1.82, 2.24) is 9.29 Å². The Labute approximate surface area is 232 Å². The summed E-state index contributed by atoms with van der Waals surface area (Å²) >= 11 is 6.32. The van der Waals surface area contributed by atoms with Crippen molar-refractivity contribution in [2.45, 2.75) is 31.3 Å². The number of carbonyl (C=O) groups is 1. The van der Waals surface area contributed by atoms with Crippen LogP contribution in [0.2, 0.25) is 5.02 Å². The summed E-state index contributed by atoms with van der Waals surface area (Å²) < 4.78 is 36.2. The average molecular weight is 562 g/mol. The largest absolute Gasteiger partial charge is 0.482 e. The molecule has 9 heteroatoms. The number of ether oxygens (including phenoxy) is 1. The van der Waals surface area contributed by atoms with E-state index in [1.165, 1.54) is 18.2 Å². The van der Waals surface area contributed by atoms with E-state index in [9.17, 15) is 13.2 Å². The average Bonchev–Trinajstić information content (AvgIpc) is 3.25. The minimum atomic E-state index is -3.82. The summed E-state index contributed by atoms with van der Waals surface area (Å²) in [7, 11) is -3.82. The van der Waals surface area contributed by atoms with Gasteiger partial charge < -0.3 is 14.6 Å². The number of aromatic nitrogens is 1. The van der Waals surface area contributed by atoms with Gasteiger partial charge in [-0.25, -0.2) is 13.1 Å². The quantitative estimate of drug-likeness (QED) is 0.214. The lowest BCUT2D eigenvalue weighted by atomic mass is 10.1. The first kappa shape index (κ1) is 26.7. The highest BCUT2D eigenvalue weighted by Crippen LogP contribution is 2.31. The molecule has 0 saturated heterocycles. The van der Waals surface area contributed by atoms with Gasteiger partial charge in [-0.05, 0) is 61.9 Å². The van der Waals surface area contributed by atoms with Crippen LogP contribution >= 0.6 is 11.6 Å². The number of hydrogen-bond acceptors (Lipinski definition) is 4. The molecular weight excluding hydrogens is 534 g/mol. The van der Waals surface area contributed by atoms with Crippen LogP contribution in [0.15, 0.2) is 95.9 Å². The molecule has 1 aromatic heterocycles. The molecule has 0 fully saturated rings. The SMILES string of the molecule is CCn1c2ccccc2c2cc(NC(=O)COc3ccc(S(=O)(=O)N[C@@H](C)c4ccccc4)cc3Cl)ccc21. The van der Waals surface area contributed by atoms with Gasteiger partial charge in [-0.15, -0.1) is 0 Å². The molecule has 5 rings (SSSR count). The molecule has 0 bridgehead atoms. The zero-order valence-electron chi connectivity index (χ0n) is 21.5. The van der Waals surface area contributed by atoms with E-state index in [0.29, 0.717) is 5.69 Å². The first-order chi connectivity index (χ1) is 18.8. The van der Waals surface area contributed by atoms with Crippen LogP contribution in [0.3, 0.4) is 0 Å². The van der Waals surface area contributed by atoms with Crippen LogP contribution in [0.4, 0.5) is 5.69 Å². The van der Waals surface area contributed by atoms with E-state index in [2.05, 4.69) is 33.7 Å². The molecule has 39 heavy (non-hydrogen) atoms. The Morgan fingerprint density at radius 1 is 0.923 bits per heavy atom. The van der Waals surface area contributed by atoms with E-state index in [4.69, 9.17) is 16.3 Å². The van der Waals surface area contributed by atoms with Gasteiger partial charge in [0.25, 0.3) is 5.91 Å². The van der Waals surface area contributed by atoms with Crippen LogP contribution in [-0.4, -0.2) is 25.5 Å². The summed E-state index contributed by atoms with van der Waals surface area (Å²) in [5.41, 5.74) is 3.74. The third kappa shape index (κ3) is 5.63. The maximum atomic E-state index is 12.9. The Morgan fingerprint density at radius 2 is 1.64 bits per heavy atom. The van der Waals surface area contributed by atoms with Crippen LogP contribution < -0.4 is 14.8 Å². The zero-order chi connectivity index (χ0) is 27.6. The Bertz CT molecular complexity index is 1770. The predicted octanol–water partition coefficient (Wildman–Crippen LogP) is 6.52. The summed E-state index contributed by atoms with van der Waals surface area (Å²) in [6.45, 7) is 4.42. The summed E-state index contributed by atoms with van der Waals surface area (Å²) in [6, 6.07) is 27.0. The number of nitrogens with zero attached hydrogens (tertiary/aromatic N) is 1. The van der Waals surface area contributed by atoms with Crippen molar-refractivity contribution >= 4 is 55.0 Å². The van der Waals surface area contributed by atoms with E-state index in [0.717, 1.165) is 33.9 Å². The third-order valence-corrected chi connectivity index (χ3v) is 8.41. The molecule has 0 aliphatic rings. The predicted molar refractivity (Wildman–Crippen MR) is 156 cm³/mol. The molecule has 1 atom stereocenters. The van der Waals surface area contributed by atoms with Crippen molar-refractivity contribution in [1.29, 1.82) is 0 Å². The van der Waals surface area contributed by atoms with Gasteiger partial charge in [-0.3, -0.25) is 4.79 Å². The van der Waals surface area contributed by atoms with E-state index in [1.54, 1.807) is 6.92 Å². The van der Waals surface area contributed by atoms with Gasteiger partial charge in [0, 0.05) is 40.1 Å². The third-order valence-electron chi connectivity index (χ3n) is 6.58. The molecule has 4 aromatic carbocycles. The summed E-state index contributed by atoms with van der Waals surface area (Å²) in [4.78, 5) is 12.7. The van der Waals surface area contributed by atoms with Crippen LogP contribution in [0.25, 0.3) is 21.8 Å². The number of nitrogens with one attached hydrogen (secondary N) is 2. The lowest BCUT2D eigenvalue weighted by Gasteiger charge is -2.15. The van der Waals surface area contributed by atoms with Gasteiger partial charge in [0.1, 0.15) is 5.75 Å². The van der Waals surface area contributed by atoms with E-state index in [-0.39, 0.29) is 28.2 Å². The van der Waals surface area contributed by atoms with Gasteiger partial charge in [-0.1, -0.05) is 60.1 Å². The van der Waals surface area contributed by atoms with Crippen molar-refractivity contribution in [3.05, 3.63) is 102 Å². The molecule has 0 unspecified atom stereocenters. The molecule has 1 amide bonds. The van der Waals surface area contributed by atoms with Gasteiger partial charge in [0.2, 0.25) is 10.0 Å². The highest BCUT2D eigenvalue weighted by molar-refractivity contribution is 7.89. The molecule has 1 heterocycles. The van der Waals surface area contributed by atoms with Gasteiger partial charge in [0.05, 0.1) is 9.92 Å². The molecule has 200 valence electrons.